The van der Waals surface area contributed by atoms with Gasteiger partial charge in [0, 0.05) is 12.2 Å². The third-order valence-corrected chi connectivity index (χ3v) is 6.90. The largest absolute Gasteiger partial charge is 0.321 e. The van der Waals surface area contributed by atoms with Crippen LogP contribution in [0.5, 0.6) is 0 Å². The average Bonchev–Trinajstić information content (AvgIpc) is 3.00. The molecule has 5 nitrogen and oxygen atoms in total. The first-order valence-electron chi connectivity index (χ1n) is 7.90. The number of benzene rings is 1. The molecule has 0 atom stereocenters. The minimum absolute atomic E-state index is 0.0860. The molecular weight excluding hydrogens is 344 g/mol. The first-order chi connectivity index (χ1) is 11.4. The molecule has 0 spiro atoms. The second-order valence-electron chi connectivity index (χ2n) is 5.86. The summed E-state index contributed by atoms with van der Waals surface area (Å²) in [6.07, 6.45) is 1.60. The van der Waals surface area contributed by atoms with Crippen LogP contribution in [-0.4, -0.2) is 26.6 Å². The van der Waals surface area contributed by atoms with Crippen LogP contribution in [0.4, 0.5) is 11.4 Å². The van der Waals surface area contributed by atoms with Crippen LogP contribution in [0.15, 0.2) is 29.6 Å². The number of nitrogens with zero attached hydrogens (tertiary/aromatic N) is 1. The van der Waals surface area contributed by atoms with Crippen LogP contribution in [0, 0.1) is 6.92 Å². The molecule has 0 aliphatic carbocycles. The molecule has 1 aliphatic heterocycles. The number of nitrogens with one attached hydrogen (secondary N) is 1. The molecule has 0 saturated heterocycles. The van der Waals surface area contributed by atoms with Crippen LogP contribution in [-0.2, 0) is 16.4 Å². The lowest BCUT2D eigenvalue weighted by Gasteiger charge is -2.30. The minimum Gasteiger partial charge on any atom is -0.321 e. The third-order valence-electron chi connectivity index (χ3n) is 4.07. The van der Waals surface area contributed by atoms with Gasteiger partial charge < -0.3 is 5.32 Å². The maximum atomic E-state index is 12.3. The molecule has 1 amide bonds. The Morgan fingerprint density at radius 3 is 2.79 bits per heavy atom. The molecule has 7 heteroatoms. The third kappa shape index (κ3) is 3.32. The first kappa shape index (κ1) is 17.0. The Morgan fingerprint density at radius 2 is 2.12 bits per heavy atom. The van der Waals surface area contributed by atoms with Crippen LogP contribution < -0.4 is 9.62 Å². The van der Waals surface area contributed by atoms with Gasteiger partial charge >= 0.3 is 0 Å². The minimum atomic E-state index is -3.26. The second kappa shape index (κ2) is 6.57. The fraction of sp³-hybridized carbons (Fsp3) is 0.353. The van der Waals surface area contributed by atoms with Crippen molar-refractivity contribution in [2.24, 2.45) is 0 Å². The van der Waals surface area contributed by atoms with E-state index in [9.17, 15) is 13.2 Å². The summed E-state index contributed by atoms with van der Waals surface area (Å²) in [5.74, 6) is -0.0512. The number of hydrogen-bond donors (Lipinski definition) is 1. The fourth-order valence-electron chi connectivity index (χ4n) is 2.83. The Kier molecular flexibility index (Phi) is 4.64. The van der Waals surface area contributed by atoms with Crippen LogP contribution in [0.1, 0.15) is 34.1 Å². The first-order valence-corrected chi connectivity index (χ1v) is 10.4. The molecule has 128 valence electrons. The molecule has 24 heavy (non-hydrogen) atoms. The summed E-state index contributed by atoms with van der Waals surface area (Å²) in [6, 6.07) is 7.29. The standard InChI is InChI=1S/C17H20N2O3S2/c1-3-24(21,22)19-8-4-5-13-10-14(6-7-15(13)19)18-17(20)16-9-12(2)11-23-16/h6-7,9-11H,3-5,8H2,1-2H3,(H,18,20). The summed E-state index contributed by atoms with van der Waals surface area (Å²) in [5.41, 5.74) is 3.45. The van der Waals surface area contributed by atoms with E-state index in [1.165, 1.54) is 15.6 Å². The van der Waals surface area contributed by atoms with Gasteiger partial charge in [-0.3, -0.25) is 9.10 Å². The van der Waals surface area contributed by atoms with Gasteiger partial charge in [0.1, 0.15) is 0 Å². The molecule has 0 fully saturated rings. The maximum absolute atomic E-state index is 12.3. The SMILES string of the molecule is CCS(=O)(=O)N1CCCc2cc(NC(=O)c3cc(C)cs3)ccc21. The predicted octanol–water partition coefficient (Wildman–Crippen LogP) is 3.41. The number of carbonyl (C=O) groups excluding carboxylic acids is 1. The van der Waals surface area contributed by atoms with Crippen molar-refractivity contribution in [1.29, 1.82) is 0 Å². The number of fused-ring (bicyclic) bond motifs is 1. The average molecular weight is 364 g/mol. The smallest absolute Gasteiger partial charge is 0.265 e. The molecule has 0 radical (unpaired) electrons. The van der Waals surface area contributed by atoms with E-state index in [1.54, 1.807) is 19.1 Å². The van der Waals surface area contributed by atoms with E-state index >= 15 is 0 Å². The van der Waals surface area contributed by atoms with Crippen molar-refractivity contribution in [3.05, 3.63) is 45.6 Å². The fourth-order valence-corrected chi connectivity index (χ4v) is 4.82. The van der Waals surface area contributed by atoms with Crippen molar-refractivity contribution >= 4 is 38.6 Å². The van der Waals surface area contributed by atoms with Gasteiger partial charge in [-0.05, 0) is 67.5 Å². The van der Waals surface area contributed by atoms with Gasteiger partial charge in [-0.1, -0.05) is 0 Å². The van der Waals surface area contributed by atoms with E-state index in [1.807, 2.05) is 24.4 Å². The number of hydrogen-bond acceptors (Lipinski definition) is 4. The van der Waals surface area contributed by atoms with Gasteiger partial charge in [-0.15, -0.1) is 11.3 Å². The van der Waals surface area contributed by atoms with E-state index < -0.39 is 10.0 Å². The molecule has 1 aromatic carbocycles. The number of aryl methyl sites for hydroxylation is 2. The number of sulfonamides is 1. The van der Waals surface area contributed by atoms with Crippen molar-refractivity contribution in [1.82, 2.24) is 0 Å². The van der Waals surface area contributed by atoms with E-state index in [-0.39, 0.29) is 11.7 Å². The monoisotopic (exact) mass is 364 g/mol. The van der Waals surface area contributed by atoms with Gasteiger partial charge in [0.2, 0.25) is 10.0 Å². The Hall–Kier alpha value is -1.86. The summed E-state index contributed by atoms with van der Waals surface area (Å²) in [5, 5.41) is 4.83. The van der Waals surface area contributed by atoms with Gasteiger partial charge in [0.05, 0.1) is 16.3 Å². The lowest BCUT2D eigenvalue weighted by Crippen LogP contribution is -2.36. The maximum Gasteiger partial charge on any atom is 0.265 e. The number of thiophene rings is 1. The van der Waals surface area contributed by atoms with E-state index in [2.05, 4.69) is 5.32 Å². The lowest BCUT2D eigenvalue weighted by molar-refractivity contribution is 0.103. The molecule has 0 bridgehead atoms. The van der Waals surface area contributed by atoms with Crippen molar-refractivity contribution in [2.75, 3.05) is 21.9 Å². The number of carbonyl (C=O) groups is 1. The van der Waals surface area contributed by atoms with Crippen molar-refractivity contribution < 1.29 is 13.2 Å². The van der Waals surface area contributed by atoms with Crippen molar-refractivity contribution in [2.45, 2.75) is 26.7 Å². The Balaban J connectivity index is 1.85. The Labute approximate surface area is 146 Å². The molecule has 1 aromatic heterocycles. The second-order valence-corrected chi connectivity index (χ2v) is 8.96. The van der Waals surface area contributed by atoms with E-state index in [0.29, 0.717) is 17.1 Å². The van der Waals surface area contributed by atoms with E-state index in [4.69, 9.17) is 0 Å². The molecule has 2 heterocycles. The number of amides is 1. The molecule has 0 unspecified atom stereocenters. The Morgan fingerprint density at radius 1 is 1.33 bits per heavy atom. The van der Waals surface area contributed by atoms with Crippen LogP contribution in [0.2, 0.25) is 0 Å². The number of anilines is 2. The highest BCUT2D eigenvalue weighted by atomic mass is 32.2. The highest BCUT2D eigenvalue weighted by Gasteiger charge is 2.26. The van der Waals surface area contributed by atoms with Gasteiger partial charge in [0.25, 0.3) is 5.91 Å². The van der Waals surface area contributed by atoms with E-state index in [0.717, 1.165) is 29.7 Å². The molecule has 3 rings (SSSR count). The van der Waals surface area contributed by atoms with Crippen LogP contribution in [0.25, 0.3) is 0 Å². The molecule has 1 N–H and O–H groups in total. The zero-order valence-electron chi connectivity index (χ0n) is 13.7. The highest BCUT2D eigenvalue weighted by molar-refractivity contribution is 7.92. The zero-order valence-corrected chi connectivity index (χ0v) is 15.3. The highest BCUT2D eigenvalue weighted by Crippen LogP contribution is 2.32. The lowest BCUT2D eigenvalue weighted by atomic mass is 10.0. The summed E-state index contributed by atoms with van der Waals surface area (Å²) >= 11 is 1.41. The summed E-state index contributed by atoms with van der Waals surface area (Å²) < 4.78 is 25.9. The summed E-state index contributed by atoms with van der Waals surface area (Å²) in [6.45, 7) is 4.12. The molecule has 0 saturated carbocycles. The van der Waals surface area contributed by atoms with Gasteiger partial charge in [0.15, 0.2) is 0 Å². The molecular formula is C17H20N2O3S2. The van der Waals surface area contributed by atoms with Gasteiger partial charge in [-0.2, -0.15) is 0 Å². The Bertz CT molecular complexity index is 872. The van der Waals surface area contributed by atoms with Crippen molar-refractivity contribution in [3.63, 3.8) is 0 Å². The predicted molar refractivity (Wildman–Crippen MR) is 98.6 cm³/mol. The van der Waals surface area contributed by atoms with Crippen molar-refractivity contribution in [3.8, 4) is 0 Å². The number of rotatable bonds is 4. The molecule has 2 aromatic rings. The van der Waals surface area contributed by atoms with Crippen LogP contribution in [0.3, 0.4) is 0 Å². The topological polar surface area (TPSA) is 66.5 Å². The quantitative estimate of drug-likeness (QED) is 0.904. The van der Waals surface area contributed by atoms with Crippen LogP contribution >= 0.6 is 11.3 Å². The normalized spacial score (nSPS) is 14.3. The zero-order chi connectivity index (χ0) is 17.3. The molecule has 1 aliphatic rings. The summed E-state index contributed by atoms with van der Waals surface area (Å²) in [4.78, 5) is 12.9. The summed E-state index contributed by atoms with van der Waals surface area (Å²) in [7, 11) is -3.26. The van der Waals surface area contributed by atoms with Gasteiger partial charge in [-0.25, -0.2) is 8.42 Å².